The molecule has 3 rings (SSSR count). The van der Waals surface area contributed by atoms with Crippen molar-refractivity contribution in [2.75, 3.05) is 0 Å². The standard InChI is InChI=1S/C16H24N2O/c1-11(8-12-2-6-16(19)7-3-12)18-14-4-5-15(18)10-13(17)9-14/h2-3,6-7,11,13-15,19H,4-5,8-10,17H2,1H3. The van der Waals surface area contributed by atoms with Gasteiger partial charge in [-0.1, -0.05) is 12.1 Å². The molecule has 3 N–H and O–H groups in total. The van der Waals surface area contributed by atoms with Gasteiger partial charge >= 0.3 is 0 Å². The van der Waals surface area contributed by atoms with Gasteiger partial charge in [0.2, 0.25) is 0 Å². The number of nitrogens with two attached hydrogens (primary N) is 1. The van der Waals surface area contributed by atoms with Gasteiger partial charge in [-0.25, -0.2) is 0 Å². The van der Waals surface area contributed by atoms with E-state index in [-0.39, 0.29) is 0 Å². The number of piperidine rings is 1. The van der Waals surface area contributed by atoms with Crippen LogP contribution in [0.1, 0.15) is 38.2 Å². The molecule has 2 fully saturated rings. The first kappa shape index (κ1) is 12.9. The van der Waals surface area contributed by atoms with Gasteiger partial charge in [0.25, 0.3) is 0 Å². The van der Waals surface area contributed by atoms with Crippen LogP contribution in [0.4, 0.5) is 0 Å². The Bertz CT molecular complexity index is 417. The van der Waals surface area contributed by atoms with Crippen molar-refractivity contribution < 1.29 is 5.11 Å². The van der Waals surface area contributed by atoms with Gasteiger partial charge in [0.1, 0.15) is 5.75 Å². The Balaban J connectivity index is 1.67. The second-order valence-electron chi connectivity index (χ2n) is 6.28. The van der Waals surface area contributed by atoms with Gasteiger partial charge in [0.05, 0.1) is 0 Å². The highest BCUT2D eigenvalue weighted by Crippen LogP contribution is 2.37. The molecule has 1 aromatic rings. The van der Waals surface area contributed by atoms with Gasteiger partial charge < -0.3 is 10.8 Å². The van der Waals surface area contributed by atoms with Crippen LogP contribution in [0, 0.1) is 0 Å². The summed E-state index contributed by atoms with van der Waals surface area (Å²) in [6.45, 7) is 2.33. The molecule has 3 heteroatoms. The van der Waals surface area contributed by atoms with Crippen molar-refractivity contribution in [2.24, 2.45) is 5.73 Å². The molecule has 2 heterocycles. The fourth-order valence-electron chi connectivity index (χ4n) is 4.05. The number of rotatable bonds is 3. The fourth-order valence-corrected chi connectivity index (χ4v) is 4.05. The third-order valence-corrected chi connectivity index (χ3v) is 4.80. The van der Waals surface area contributed by atoms with E-state index >= 15 is 0 Å². The molecule has 0 radical (unpaired) electrons. The molecular weight excluding hydrogens is 236 g/mol. The molecule has 0 aromatic heterocycles. The van der Waals surface area contributed by atoms with Gasteiger partial charge in [-0.2, -0.15) is 0 Å². The summed E-state index contributed by atoms with van der Waals surface area (Å²) in [6, 6.07) is 9.99. The Kier molecular flexibility index (Phi) is 3.50. The molecule has 104 valence electrons. The van der Waals surface area contributed by atoms with E-state index in [1.165, 1.54) is 18.4 Å². The zero-order valence-corrected chi connectivity index (χ0v) is 11.6. The summed E-state index contributed by atoms with van der Waals surface area (Å²) in [5.74, 6) is 0.348. The summed E-state index contributed by atoms with van der Waals surface area (Å²) in [7, 11) is 0. The molecular formula is C16H24N2O. The average molecular weight is 260 g/mol. The minimum Gasteiger partial charge on any atom is -0.508 e. The van der Waals surface area contributed by atoms with Gasteiger partial charge in [-0.05, 0) is 56.7 Å². The Morgan fingerprint density at radius 1 is 1.21 bits per heavy atom. The Labute approximate surface area is 115 Å². The van der Waals surface area contributed by atoms with Crippen molar-refractivity contribution in [1.82, 2.24) is 4.90 Å². The van der Waals surface area contributed by atoms with Crippen LogP contribution in [0.3, 0.4) is 0 Å². The molecule has 19 heavy (non-hydrogen) atoms. The highest BCUT2D eigenvalue weighted by Gasteiger charge is 2.41. The second kappa shape index (κ2) is 5.14. The minimum atomic E-state index is 0.348. The molecule has 2 bridgehead atoms. The van der Waals surface area contributed by atoms with Crippen molar-refractivity contribution >= 4 is 0 Å². The number of hydrogen-bond acceptors (Lipinski definition) is 3. The predicted octanol–water partition coefficient (Wildman–Crippen LogP) is 2.28. The second-order valence-corrected chi connectivity index (χ2v) is 6.28. The predicted molar refractivity (Wildman–Crippen MR) is 77.1 cm³/mol. The molecule has 3 nitrogen and oxygen atoms in total. The molecule has 0 saturated carbocycles. The van der Waals surface area contributed by atoms with Gasteiger partial charge in [-0.15, -0.1) is 0 Å². The Morgan fingerprint density at radius 2 is 1.79 bits per heavy atom. The SMILES string of the molecule is CC(Cc1ccc(O)cc1)N1C2CCC1CC(N)C2. The maximum Gasteiger partial charge on any atom is 0.115 e. The quantitative estimate of drug-likeness (QED) is 0.876. The lowest BCUT2D eigenvalue weighted by Gasteiger charge is -2.41. The normalized spacial score (nSPS) is 32.4. The van der Waals surface area contributed by atoms with E-state index in [4.69, 9.17) is 5.73 Å². The topological polar surface area (TPSA) is 49.5 Å². The van der Waals surface area contributed by atoms with Crippen LogP contribution in [0.5, 0.6) is 5.75 Å². The molecule has 2 aliphatic heterocycles. The average Bonchev–Trinajstić information content (AvgIpc) is 2.65. The lowest BCUT2D eigenvalue weighted by atomic mass is 9.94. The third kappa shape index (κ3) is 2.63. The highest BCUT2D eigenvalue weighted by atomic mass is 16.3. The zero-order chi connectivity index (χ0) is 13.4. The van der Waals surface area contributed by atoms with E-state index in [0.717, 1.165) is 19.3 Å². The van der Waals surface area contributed by atoms with Crippen LogP contribution in [0.25, 0.3) is 0 Å². The first-order valence-electron chi connectivity index (χ1n) is 7.44. The summed E-state index contributed by atoms with van der Waals surface area (Å²) in [5.41, 5.74) is 7.44. The third-order valence-electron chi connectivity index (χ3n) is 4.80. The fraction of sp³-hybridized carbons (Fsp3) is 0.625. The number of benzene rings is 1. The van der Waals surface area contributed by atoms with E-state index in [1.54, 1.807) is 12.1 Å². The Hall–Kier alpha value is -1.06. The monoisotopic (exact) mass is 260 g/mol. The molecule has 0 aliphatic carbocycles. The van der Waals surface area contributed by atoms with E-state index in [0.29, 0.717) is 29.9 Å². The highest BCUT2D eigenvalue weighted by molar-refractivity contribution is 5.26. The maximum atomic E-state index is 9.34. The number of phenolic OH excluding ortho intramolecular Hbond substituents is 1. The van der Waals surface area contributed by atoms with Crippen LogP contribution < -0.4 is 5.73 Å². The smallest absolute Gasteiger partial charge is 0.115 e. The molecule has 1 aromatic carbocycles. The van der Waals surface area contributed by atoms with E-state index < -0.39 is 0 Å². The number of aromatic hydroxyl groups is 1. The van der Waals surface area contributed by atoms with Crippen LogP contribution in [0.15, 0.2) is 24.3 Å². The Morgan fingerprint density at radius 3 is 2.37 bits per heavy atom. The molecule has 2 aliphatic rings. The molecule has 3 atom stereocenters. The number of hydrogen-bond donors (Lipinski definition) is 2. The molecule has 0 spiro atoms. The number of nitrogens with zero attached hydrogens (tertiary/aromatic N) is 1. The van der Waals surface area contributed by atoms with Gasteiger partial charge in [-0.3, -0.25) is 4.90 Å². The van der Waals surface area contributed by atoms with Crippen LogP contribution in [0.2, 0.25) is 0 Å². The maximum absolute atomic E-state index is 9.34. The largest absolute Gasteiger partial charge is 0.508 e. The summed E-state index contributed by atoms with van der Waals surface area (Å²) >= 11 is 0. The van der Waals surface area contributed by atoms with E-state index in [2.05, 4.69) is 11.8 Å². The van der Waals surface area contributed by atoms with Gasteiger partial charge in [0.15, 0.2) is 0 Å². The minimum absolute atomic E-state index is 0.348. The lowest BCUT2D eigenvalue weighted by Crippen LogP contribution is -2.51. The van der Waals surface area contributed by atoms with E-state index in [9.17, 15) is 5.11 Å². The van der Waals surface area contributed by atoms with Crippen molar-refractivity contribution in [2.45, 2.75) is 63.2 Å². The molecule has 2 saturated heterocycles. The summed E-state index contributed by atoms with van der Waals surface area (Å²) < 4.78 is 0. The zero-order valence-electron chi connectivity index (χ0n) is 11.6. The first-order valence-corrected chi connectivity index (χ1v) is 7.44. The van der Waals surface area contributed by atoms with Crippen LogP contribution in [-0.4, -0.2) is 34.2 Å². The molecule has 0 amide bonds. The van der Waals surface area contributed by atoms with Gasteiger partial charge in [0, 0.05) is 24.2 Å². The number of phenols is 1. The lowest BCUT2D eigenvalue weighted by molar-refractivity contribution is 0.0855. The van der Waals surface area contributed by atoms with Crippen molar-refractivity contribution in [3.63, 3.8) is 0 Å². The summed E-state index contributed by atoms with van der Waals surface area (Å²) in [5, 5.41) is 9.34. The van der Waals surface area contributed by atoms with Crippen LogP contribution >= 0.6 is 0 Å². The summed E-state index contributed by atoms with van der Waals surface area (Å²) in [6.07, 6.45) is 6.02. The van der Waals surface area contributed by atoms with Crippen molar-refractivity contribution in [3.05, 3.63) is 29.8 Å². The van der Waals surface area contributed by atoms with Crippen LogP contribution in [-0.2, 0) is 6.42 Å². The number of fused-ring (bicyclic) bond motifs is 2. The van der Waals surface area contributed by atoms with Crippen molar-refractivity contribution in [3.8, 4) is 5.75 Å². The molecule has 3 unspecified atom stereocenters. The van der Waals surface area contributed by atoms with E-state index in [1.807, 2.05) is 12.1 Å². The first-order chi connectivity index (χ1) is 9.13. The summed E-state index contributed by atoms with van der Waals surface area (Å²) in [4.78, 5) is 2.70. The van der Waals surface area contributed by atoms with Crippen molar-refractivity contribution in [1.29, 1.82) is 0 Å².